The second-order valence-electron chi connectivity index (χ2n) is 5.19. The molecule has 0 aliphatic carbocycles. The van der Waals surface area contributed by atoms with Crippen LogP contribution in [0, 0.1) is 12.3 Å². The fraction of sp³-hybridized carbons (Fsp3) is 0.312. The number of aromatic nitrogens is 2. The van der Waals surface area contributed by atoms with Crippen molar-refractivity contribution in [2.75, 3.05) is 5.32 Å². The molecule has 1 N–H and O–H groups in total. The Labute approximate surface area is 138 Å². The third kappa shape index (κ3) is 3.99. The molecule has 1 amide bonds. The number of nitrogens with zero attached hydrogens (tertiary/aromatic N) is 4. The molecule has 0 saturated carbocycles. The molecule has 0 fully saturated rings. The number of hydrogen-bond donors (Lipinski definition) is 1. The van der Waals surface area contributed by atoms with Crippen molar-refractivity contribution >= 4 is 23.1 Å². The standard InChI is InChI=1S/C16H15N5OS/c1-2-3-8-16(20-21-16)9-7-14(22)18-13-11-23-15(19-13)12-6-4-5-10-17-12/h1,4-6,10-11H,3,7-9H2,(H,18,22). The molecule has 0 radical (unpaired) electrons. The van der Waals surface area contributed by atoms with E-state index >= 15 is 0 Å². The lowest BCUT2D eigenvalue weighted by Crippen LogP contribution is -2.17. The van der Waals surface area contributed by atoms with Crippen LogP contribution in [0.15, 0.2) is 40.0 Å². The van der Waals surface area contributed by atoms with E-state index in [1.165, 1.54) is 11.3 Å². The minimum atomic E-state index is -0.426. The molecule has 0 aromatic carbocycles. The van der Waals surface area contributed by atoms with Gasteiger partial charge < -0.3 is 5.32 Å². The second kappa shape index (κ2) is 6.67. The third-order valence-corrected chi connectivity index (χ3v) is 4.33. The number of rotatable bonds is 7. The van der Waals surface area contributed by atoms with Gasteiger partial charge in [-0.3, -0.25) is 9.78 Å². The van der Waals surface area contributed by atoms with Crippen LogP contribution in [-0.2, 0) is 4.79 Å². The number of hydrogen-bond acceptors (Lipinski definition) is 6. The van der Waals surface area contributed by atoms with Crippen LogP contribution in [0.25, 0.3) is 10.7 Å². The maximum absolute atomic E-state index is 12.0. The van der Waals surface area contributed by atoms with E-state index in [0.29, 0.717) is 31.5 Å². The van der Waals surface area contributed by atoms with Crippen LogP contribution >= 0.6 is 11.3 Å². The first-order valence-electron chi connectivity index (χ1n) is 7.25. The number of nitrogens with one attached hydrogen (secondary N) is 1. The van der Waals surface area contributed by atoms with Gasteiger partial charge >= 0.3 is 0 Å². The highest BCUT2D eigenvalue weighted by molar-refractivity contribution is 7.13. The topological polar surface area (TPSA) is 79.6 Å². The van der Waals surface area contributed by atoms with Gasteiger partial charge in [-0.1, -0.05) is 6.07 Å². The molecule has 0 saturated heterocycles. The number of amides is 1. The van der Waals surface area contributed by atoms with Gasteiger partial charge in [0.1, 0.15) is 10.8 Å². The molecular formula is C16H15N5OS. The maximum Gasteiger partial charge on any atom is 0.225 e. The molecular weight excluding hydrogens is 310 g/mol. The fourth-order valence-electron chi connectivity index (χ4n) is 2.13. The zero-order valence-electron chi connectivity index (χ0n) is 12.4. The Balaban J connectivity index is 1.51. The van der Waals surface area contributed by atoms with Crippen LogP contribution in [0.4, 0.5) is 5.82 Å². The van der Waals surface area contributed by atoms with Gasteiger partial charge in [0.15, 0.2) is 5.66 Å². The summed E-state index contributed by atoms with van der Waals surface area (Å²) < 4.78 is 0. The number of anilines is 1. The van der Waals surface area contributed by atoms with Gasteiger partial charge in [-0.25, -0.2) is 4.98 Å². The first kappa shape index (κ1) is 15.3. The lowest BCUT2D eigenvalue weighted by molar-refractivity contribution is -0.116. The maximum atomic E-state index is 12.0. The molecule has 0 atom stereocenters. The van der Waals surface area contributed by atoms with Crippen molar-refractivity contribution in [3.63, 3.8) is 0 Å². The Bertz CT molecular complexity index is 756. The summed E-state index contributed by atoms with van der Waals surface area (Å²) in [4.78, 5) is 20.6. The van der Waals surface area contributed by atoms with Crippen molar-refractivity contribution < 1.29 is 4.79 Å². The highest BCUT2D eigenvalue weighted by atomic mass is 32.1. The van der Waals surface area contributed by atoms with Crippen LogP contribution in [0.1, 0.15) is 25.7 Å². The number of pyridine rings is 1. The van der Waals surface area contributed by atoms with Gasteiger partial charge in [-0.2, -0.15) is 10.2 Å². The number of carbonyl (C=O) groups excluding carboxylic acids is 1. The summed E-state index contributed by atoms with van der Waals surface area (Å²) in [5, 5.41) is 13.4. The number of terminal acetylenes is 1. The van der Waals surface area contributed by atoms with E-state index in [4.69, 9.17) is 6.42 Å². The summed E-state index contributed by atoms with van der Waals surface area (Å²) in [5.41, 5.74) is 0.368. The molecule has 1 aliphatic heterocycles. The zero-order chi connectivity index (χ0) is 16.1. The molecule has 1 aliphatic rings. The van der Waals surface area contributed by atoms with Gasteiger partial charge in [0, 0.05) is 37.3 Å². The lowest BCUT2D eigenvalue weighted by atomic mass is 10.0. The summed E-state index contributed by atoms with van der Waals surface area (Å²) in [6, 6.07) is 5.64. The molecule has 2 aromatic rings. The fourth-order valence-corrected chi connectivity index (χ4v) is 2.85. The first-order chi connectivity index (χ1) is 11.2. The van der Waals surface area contributed by atoms with Crippen molar-refractivity contribution in [3.05, 3.63) is 29.8 Å². The Hall–Kier alpha value is -2.59. The first-order valence-corrected chi connectivity index (χ1v) is 8.13. The largest absolute Gasteiger partial charge is 0.310 e. The van der Waals surface area contributed by atoms with E-state index in [2.05, 4.69) is 31.4 Å². The molecule has 3 heterocycles. The molecule has 0 bridgehead atoms. The van der Waals surface area contributed by atoms with Crippen LogP contribution < -0.4 is 5.32 Å². The average molecular weight is 325 g/mol. The minimum Gasteiger partial charge on any atom is -0.310 e. The van der Waals surface area contributed by atoms with Gasteiger partial charge in [-0.05, 0) is 12.1 Å². The van der Waals surface area contributed by atoms with Crippen molar-refractivity contribution in [1.82, 2.24) is 9.97 Å². The van der Waals surface area contributed by atoms with Crippen LogP contribution in [-0.4, -0.2) is 21.5 Å². The smallest absolute Gasteiger partial charge is 0.225 e. The summed E-state index contributed by atoms with van der Waals surface area (Å²) in [6.07, 6.45) is 9.21. The normalized spacial score (nSPS) is 14.2. The highest BCUT2D eigenvalue weighted by Crippen LogP contribution is 2.37. The van der Waals surface area contributed by atoms with E-state index in [-0.39, 0.29) is 5.91 Å². The van der Waals surface area contributed by atoms with Crippen LogP contribution in [0.5, 0.6) is 0 Å². The summed E-state index contributed by atoms with van der Waals surface area (Å²) in [5.74, 6) is 3.02. The van der Waals surface area contributed by atoms with E-state index in [0.717, 1.165) is 10.7 Å². The molecule has 6 nitrogen and oxygen atoms in total. The average Bonchev–Trinajstić information content (AvgIpc) is 3.21. The summed E-state index contributed by atoms with van der Waals surface area (Å²) in [6.45, 7) is 0. The second-order valence-corrected chi connectivity index (χ2v) is 6.05. The molecule has 3 rings (SSSR count). The third-order valence-electron chi connectivity index (χ3n) is 3.46. The summed E-state index contributed by atoms with van der Waals surface area (Å²) in [7, 11) is 0. The molecule has 0 unspecified atom stereocenters. The van der Waals surface area contributed by atoms with E-state index in [1.54, 1.807) is 6.20 Å². The number of thiazole rings is 1. The molecule has 2 aromatic heterocycles. The lowest BCUT2D eigenvalue weighted by Gasteiger charge is -2.08. The van der Waals surface area contributed by atoms with Crippen LogP contribution in [0.3, 0.4) is 0 Å². The summed E-state index contributed by atoms with van der Waals surface area (Å²) >= 11 is 1.44. The van der Waals surface area contributed by atoms with Crippen molar-refractivity contribution in [3.8, 4) is 23.0 Å². The highest BCUT2D eigenvalue weighted by Gasteiger charge is 2.39. The van der Waals surface area contributed by atoms with Gasteiger partial charge in [-0.15, -0.1) is 23.7 Å². The monoisotopic (exact) mass is 325 g/mol. The van der Waals surface area contributed by atoms with Crippen molar-refractivity contribution in [2.24, 2.45) is 10.2 Å². The SMILES string of the molecule is C#CCCC1(CCC(=O)Nc2csc(-c3ccccn3)n2)N=N1. The van der Waals surface area contributed by atoms with E-state index in [1.807, 2.05) is 23.6 Å². The Morgan fingerprint density at radius 2 is 2.22 bits per heavy atom. The molecule has 116 valence electrons. The molecule has 23 heavy (non-hydrogen) atoms. The molecule has 0 spiro atoms. The minimum absolute atomic E-state index is 0.0970. The molecule has 7 heteroatoms. The van der Waals surface area contributed by atoms with Crippen molar-refractivity contribution in [2.45, 2.75) is 31.3 Å². The van der Waals surface area contributed by atoms with E-state index < -0.39 is 5.66 Å². The Kier molecular flexibility index (Phi) is 4.44. The van der Waals surface area contributed by atoms with Gasteiger partial charge in [0.05, 0.1) is 5.69 Å². The van der Waals surface area contributed by atoms with Crippen LogP contribution in [0.2, 0.25) is 0 Å². The Morgan fingerprint density at radius 1 is 1.35 bits per heavy atom. The quantitative estimate of drug-likeness (QED) is 0.791. The van der Waals surface area contributed by atoms with Gasteiger partial charge in [0.2, 0.25) is 5.91 Å². The van der Waals surface area contributed by atoms with Gasteiger partial charge in [0.25, 0.3) is 0 Å². The van der Waals surface area contributed by atoms with Crippen molar-refractivity contribution in [1.29, 1.82) is 0 Å². The predicted octanol–water partition coefficient (Wildman–Crippen LogP) is 3.50. The Morgan fingerprint density at radius 3 is 2.91 bits per heavy atom. The number of carbonyl (C=O) groups is 1. The zero-order valence-corrected chi connectivity index (χ0v) is 13.2. The predicted molar refractivity (Wildman–Crippen MR) is 88.9 cm³/mol. The van der Waals surface area contributed by atoms with E-state index in [9.17, 15) is 4.79 Å².